The van der Waals surface area contributed by atoms with E-state index in [1.807, 2.05) is 0 Å². The van der Waals surface area contributed by atoms with E-state index in [0.29, 0.717) is 11.1 Å². The Morgan fingerprint density at radius 1 is 1.50 bits per heavy atom. The molecule has 1 rings (SSSR count). The molecule has 0 spiro atoms. The van der Waals surface area contributed by atoms with E-state index >= 15 is 0 Å². The van der Waals surface area contributed by atoms with E-state index in [9.17, 15) is 8.78 Å². The maximum Gasteiger partial charge on any atom is 0.126 e. The number of benzene rings is 1. The molecule has 0 amide bonds. The number of alkyl halides is 1. The van der Waals surface area contributed by atoms with Gasteiger partial charge in [0.15, 0.2) is 0 Å². The minimum absolute atomic E-state index is 0.287. The zero-order chi connectivity index (χ0) is 9.14. The van der Waals surface area contributed by atoms with Crippen LogP contribution in [-0.2, 0) is 0 Å². The van der Waals surface area contributed by atoms with Crippen molar-refractivity contribution in [1.29, 1.82) is 0 Å². The Labute approximate surface area is 70.2 Å². The zero-order valence-corrected chi connectivity index (χ0v) is 6.85. The van der Waals surface area contributed by atoms with Crippen molar-refractivity contribution in [2.45, 2.75) is 13.0 Å². The molecule has 3 heteroatoms. The minimum atomic E-state index is -0.635. The summed E-state index contributed by atoms with van der Waals surface area (Å²) in [7, 11) is 0. The molecule has 0 saturated carbocycles. The predicted molar refractivity (Wildman–Crippen MR) is 44.0 cm³/mol. The van der Waals surface area contributed by atoms with Crippen molar-refractivity contribution in [3.63, 3.8) is 0 Å². The normalized spacial score (nSPS) is 13.0. The molecule has 0 heterocycles. The van der Waals surface area contributed by atoms with Crippen molar-refractivity contribution in [1.82, 2.24) is 0 Å². The van der Waals surface area contributed by atoms with Gasteiger partial charge in [-0.1, -0.05) is 12.1 Å². The molecule has 0 radical (unpaired) electrons. The lowest BCUT2D eigenvalue weighted by molar-refractivity contribution is 0.436. The lowest BCUT2D eigenvalue weighted by atomic mass is 10.1. The maximum absolute atomic E-state index is 12.7. The molecule has 12 heavy (non-hydrogen) atoms. The minimum Gasteiger partial charge on any atom is -0.322 e. The van der Waals surface area contributed by atoms with Gasteiger partial charge in [-0.2, -0.15) is 0 Å². The molecule has 0 bridgehead atoms. The van der Waals surface area contributed by atoms with Gasteiger partial charge in [0.1, 0.15) is 12.5 Å². The van der Waals surface area contributed by atoms with Crippen LogP contribution >= 0.6 is 0 Å². The van der Waals surface area contributed by atoms with Crippen LogP contribution in [-0.4, -0.2) is 6.67 Å². The van der Waals surface area contributed by atoms with Gasteiger partial charge >= 0.3 is 0 Å². The van der Waals surface area contributed by atoms with Crippen LogP contribution in [0.4, 0.5) is 8.78 Å². The van der Waals surface area contributed by atoms with Crippen LogP contribution in [0.2, 0.25) is 0 Å². The Morgan fingerprint density at radius 2 is 2.17 bits per heavy atom. The van der Waals surface area contributed by atoms with Gasteiger partial charge < -0.3 is 5.73 Å². The zero-order valence-electron chi connectivity index (χ0n) is 6.85. The van der Waals surface area contributed by atoms with E-state index in [1.165, 1.54) is 12.1 Å². The topological polar surface area (TPSA) is 26.0 Å². The second-order valence-electron chi connectivity index (χ2n) is 2.77. The molecule has 1 atom stereocenters. The Morgan fingerprint density at radius 3 is 2.67 bits per heavy atom. The molecule has 0 aromatic heterocycles. The van der Waals surface area contributed by atoms with Crippen molar-refractivity contribution < 1.29 is 8.78 Å². The van der Waals surface area contributed by atoms with Gasteiger partial charge in [0.2, 0.25) is 0 Å². The molecule has 0 aliphatic heterocycles. The van der Waals surface area contributed by atoms with Crippen LogP contribution in [0.25, 0.3) is 0 Å². The Hall–Kier alpha value is -0.960. The highest BCUT2D eigenvalue weighted by Gasteiger charge is 2.06. The fraction of sp³-hybridized carbons (Fsp3) is 0.333. The quantitative estimate of drug-likeness (QED) is 0.724. The fourth-order valence-corrected chi connectivity index (χ4v) is 0.988. The molecular weight excluding hydrogens is 160 g/mol. The summed E-state index contributed by atoms with van der Waals surface area (Å²) in [4.78, 5) is 0. The number of aryl methyl sites for hydroxylation is 1. The highest BCUT2D eigenvalue weighted by Crippen LogP contribution is 2.14. The molecule has 0 saturated heterocycles. The lowest BCUT2D eigenvalue weighted by Gasteiger charge is -2.07. The summed E-state index contributed by atoms with van der Waals surface area (Å²) in [5.41, 5.74) is 6.55. The number of halogens is 2. The molecule has 0 aliphatic rings. The molecule has 66 valence electrons. The van der Waals surface area contributed by atoms with Crippen LogP contribution in [0.3, 0.4) is 0 Å². The summed E-state index contributed by atoms with van der Waals surface area (Å²) < 4.78 is 24.8. The van der Waals surface area contributed by atoms with Crippen LogP contribution in [0, 0.1) is 12.7 Å². The number of nitrogens with two attached hydrogens (primary N) is 1. The first kappa shape index (κ1) is 9.13. The molecule has 0 unspecified atom stereocenters. The summed E-state index contributed by atoms with van der Waals surface area (Å²) in [5.74, 6) is -0.287. The highest BCUT2D eigenvalue weighted by molar-refractivity contribution is 5.26. The van der Waals surface area contributed by atoms with Crippen molar-refractivity contribution in [3.8, 4) is 0 Å². The largest absolute Gasteiger partial charge is 0.322 e. The van der Waals surface area contributed by atoms with E-state index in [1.54, 1.807) is 13.0 Å². The lowest BCUT2D eigenvalue weighted by Crippen LogP contribution is -2.12. The molecule has 1 aromatic rings. The molecular formula is C9H11F2N. The molecule has 1 aromatic carbocycles. The van der Waals surface area contributed by atoms with Crippen LogP contribution in [0.5, 0.6) is 0 Å². The number of rotatable bonds is 2. The summed E-state index contributed by atoms with van der Waals surface area (Å²) in [6.45, 7) is 1.01. The third kappa shape index (κ3) is 1.80. The maximum atomic E-state index is 12.7. The summed E-state index contributed by atoms with van der Waals surface area (Å²) >= 11 is 0. The third-order valence-electron chi connectivity index (χ3n) is 1.78. The van der Waals surface area contributed by atoms with E-state index in [-0.39, 0.29) is 5.82 Å². The molecule has 0 aliphatic carbocycles. The van der Waals surface area contributed by atoms with Gasteiger partial charge in [-0.15, -0.1) is 0 Å². The monoisotopic (exact) mass is 171 g/mol. The van der Waals surface area contributed by atoms with Crippen molar-refractivity contribution in [2.75, 3.05) is 6.67 Å². The van der Waals surface area contributed by atoms with Crippen LogP contribution in [0.1, 0.15) is 17.2 Å². The standard InChI is InChI=1S/C9H11F2N/c1-6-4-7(9(12)5-10)2-3-8(6)11/h2-4,9H,5,12H2,1H3/t9-/m0/s1. The van der Waals surface area contributed by atoms with E-state index in [0.717, 1.165) is 0 Å². The summed E-state index contributed by atoms with van der Waals surface area (Å²) in [5, 5.41) is 0. The van der Waals surface area contributed by atoms with Gasteiger partial charge in [0, 0.05) is 0 Å². The summed E-state index contributed by atoms with van der Waals surface area (Å²) in [6.07, 6.45) is 0. The van der Waals surface area contributed by atoms with Crippen LogP contribution < -0.4 is 5.73 Å². The second kappa shape index (κ2) is 3.63. The first-order valence-corrected chi connectivity index (χ1v) is 3.72. The van der Waals surface area contributed by atoms with E-state index < -0.39 is 12.7 Å². The van der Waals surface area contributed by atoms with Gasteiger partial charge in [-0.25, -0.2) is 8.78 Å². The first-order chi connectivity index (χ1) is 5.65. The van der Waals surface area contributed by atoms with Crippen molar-refractivity contribution in [2.24, 2.45) is 5.73 Å². The number of hydrogen-bond donors (Lipinski definition) is 1. The average molecular weight is 171 g/mol. The van der Waals surface area contributed by atoms with Crippen LogP contribution in [0.15, 0.2) is 18.2 Å². The SMILES string of the molecule is Cc1cc([C@@H](N)CF)ccc1F. The molecule has 2 N–H and O–H groups in total. The molecule has 0 fully saturated rings. The van der Waals surface area contributed by atoms with Gasteiger partial charge in [0.05, 0.1) is 6.04 Å². The highest BCUT2D eigenvalue weighted by atomic mass is 19.1. The van der Waals surface area contributed by atoms with Crippen molar-refractivity contribution >= 4 is 0 Å². The smallest absolute Gasteiger partial charge is 0.126 e. The van der Waals surface area contributed by atoms with E-state index in [2.05, 4.69) is 0 Å². The average Bonchev–Trinajstić information content (AvgIpc) is 2.08. The molecule has 1 nitrogen and oxygen atoms in total. The fourth-order valence-electron chi connectivity index (χ4n) is 0.988. The Balaban J connectivity index is 2.96. The van der Waals surface area contributed by atoms with Gasteiger partial charge in [-0.05, 0) is 24.1 Å². The number of hydrogen-bond acceptors (Lipinski definition) is 1. The summed E-state index contributed by atoms with van der Waals surface area (Å²) in [6, 6.07) is 3.75. The first-order valence-electron chi connectivity index (χ1n) is 3.72. The third-order valence-corrected chi connectivity index (χ3v) is 1.78. The second-order valence-corrected chi connectivity index (χ2v) is 2.77. The van der Waals surface area contributed by atoms with Gasteiger partial charge in [0.25, 0.3) is 0 Å². The van der Waals surface area contributed by atoms with Crippen molar-refractivity contribution in [3.05, 3.63) is 35.1 Å². The Kier molecular flexibility index (Phi) is 2.76. The van der Waals surface area contributed by atoms with E-state index in [4.69, 9.17) is 5.73 Å². The van der Waals surface area contributed by atoms with Gasteiger partial charge in [-0.3, -0.25) is 0 Å². The predicted octanol–water partition coefficient (Wildman–Crippen LogP) is 2.10. The Bertz CT molecular complexity index is 273.